The summed E-state index contributed by atoms with van der Waals surface area (Å²) in [5.74, 6) is 0.729. The Morgan fingerprint density at radius 1 is 1.27 bits per heavy atom. The summed E-state index contributed by atoms with van der Waals surface area (Å²) in [6, 6.07) is 8.22. The molecule has 1 unspecified atom stereocenters. The van der Waals surface area contributed by atoms with Gasteiger partial charge in [-0.2, -0.15) is 5.10 Å². The van der Waals surface area contributed by atoms with Gasteiger partial charge in [-0.15, -0.1) is 0 Å². The zero-order chi connectivity index (χ0) is 21.3. The number of rotatable bonds is 8. The van der Waals surface area contributed by atoms with Crippen molar-refractivity contribution in [2.24, 2.45) is 5.92 Å². The molecular formula is C26H34N2O2. The predicted molar refractivity (Wildman–Crippen MR) is 123 cm³/mol. The summed E-state index contributed by atoms with van der Waals surface area (Å²) in [5.41, 5.74) is 4.49. The van der Waals surface area contributed by atoms with Crippen molar-refractivity contribution in [3.05, 3.63) is 64.3 Å². The molecule has 4 heteroatoms. The zero-order valence-electron chi connectivity index (χ0n) is 18.4. The highest BCUT2D eigenvalue weighted by Crippen LogP contribution is 2.22. The molecule has 1 atom stereocenters. The Morgan fingerprint density at radius 3 is 2.83 bits per heavy atom. The third-order valence-corrected chi connectivity index (χ3v) is 6.03. The van der Waals surface area contributed by atoms with Gasteiger partial charge in [-0.25, -0.2) is 0 Å². The van der Waals surface area contributed by atoms with Crippen molar-refractivity contribution in [1.82, 2.24) is 10.2 Å². The summed E-state index contributed by atoms with van der Waals surface area (Å²) in [6.07, 6.45) is 10.7. The standard InChI is InChI=1S/C26H34N2O2/c1-4-7-24-26(20(3)27-28-24)19(2)8-5-9-21-11-13-23(14-12-21)25(29)18-22-10-6-16-30-17-15-22/h4,7,11-14,22,28H,1,5-6,8-10,15-18H2,2-3H3. The van der Waals surface area contributed by atoms with Gasteiger partial charge in [0.05, 0.1) is 11.0 Å². The van der Waals surface area contributed by atoms with E-state index < -0.39 is 0 Å². The molecule has 3 rings (SSSR count). The first kappa shape index (κ1) is 22.2. The molecule has 0 radical (unpaired) electrons. The van der Waals surface area contributed by atoms with Crippen molar-refractivity contribution < 1.29 is 9.53 Å². The fourth-order valence-corrected chi connectivity index (χ4v) is 4.32. The molecule has 1 aliphatic heterocycles. The molecule has 0 aliphatic carbocycles. The lowest BCUT2D eigenvalue weighted by molar-refractivity contribution is 0.0952. The largest absolute Gasteiger partial charge is 0.381 e. The first-order valence-electron chi connectivity index (χ1n) is 11.1. The lowest BCUT2D eigenvalue weighted by Crippen LogP contribution is -2.26. The van der Waals surface area contributed by atoms with Crippen LogP contribution in [0.4, 0.5) is 0 Å². The van der Waals surface area contributed by atoms with Crippen molar-refractivity contribution in [3.8, 4) is 0 Å². The Morgan fingerprint density at radius 2 is 2.07 bits per heavy atom. The third-order valence-electron chi connectivity index (χ3n) is 6.03. The zero-order valence-corrected chi connectivity index (χ0v) is 18.4. The number of nitrogens with zero attached hydrogens (tertiary/aromatic N) is 1. The molecule has 0 spiro atoms. The number of carbonyl (C=O) groups is 1. The Bertz CT molecular complexity index is 961. The number of aromatic nitrogens is 2. The molecule has 2 aromatic rings. The number of Topliss-reactive ketones (excluding diaryl/α,β-unsaturated/α-hetero) is 1. The van der Waals surface area contributed by atoms with E-state index in [-0.39, 0.29) is 5.78 Å². The molecule has 0 bridgehead atoms. The van der Waals surface area contributed by atoms with Crippen LogP contribution in [0.1, 0.15) is 67.1 Å². The van der Waals surface area contributed by atoms with Crippen molar-refractivity contribution >= 4 is 17.4 Å². The number of allylic oxidation sites excluding steroid dienone is 1. The molecule has 0 saturated carbocycles. The van der Waals surface area contributed by atoms with Gasteiger partial charge in [-0.3, -0.25) is 9.89 Å². The molecule has 1 fully saturated rings. The van der Waals surface area contributed by atoms with Gasteiger partial charge in [0.2, 0.25) is 0 Å². The number of H-pyrrole nitrogens is 1. The summed E-state index contributed by atoms with van der Waals surface area (Å²) in [5, 5.41) is 9.65. The molecule has 1 N–H and O–H groups in total. The van der Waals surface area contributed by atoms with Crippen molar-refractivity contribution in [2.75, 3.05) is 13.2 Å². The van der Waals surface area contributed by atoms with E-state index >= 15 is 0 Å². The van der Waals surface area contributed by atoms with Gasteiger partial charge in [0, 0.05) is 30.4 Å². The van der Waals surface area contributed by atoms with Crippen LogP contribution in [0.15, 0.2) is 36.9 Å². The second kappa shape index (κ2) is 11.1. The smallest absolute Gasteiger partial charge is 0.163 e. The normalized spacial score (nSPS) is 18.7. The Kier molecular flexibility index (Phi) is 8.21. The van der Waals surface area contributed by atoms with Gasteiger partial charge in [0.15, 0.2) is 5.78 Å². The highest BCUT2D eigenvalue weighted by molar-refractivity contribution is 5.96. The average Bonchev–Trinajstić information content (AvgIpc) is 2.93. The van der Waals surface area contributed by atoms with E-state index in [0.29, 0.717) is 12.3 Å². The molecule has 1 aliphatic rings. The number of hydrogen-bond donors (Lipinski definition) is 1. The highest BCUT2D eigenvalue weighted by Gasteiger charge is 2.17. The molecule has 30 heavy (non-hydrogen) atoms. The molecule has 1 aromatic carbocycles. The van der Waals surface area contributed by atoms with Crippen LogP contribution in [-0.4, -0.2) is 29.2 Å². The molecule has 4 nitrogen and oxygen atoms in total. The van der Waals surface area contributed by atoms with Gasteiger partial charge in [-0.1, -0.05) is 42.5 Å². The maximum atomic E-state index is 12.6. The summed E-state index contributed by atoms with van der Waals surface area (Å²) in [7, 11) is 0. The minimum absolute atomic E-state index is 0.263. The van der Waals surface area contributed by atoms with Crippen LogP contribution in [0.5, 0.6) is 0 Å². The van der Waals surface area contributed by atoms with Crippen LogP contribution in [-0.2, 0) is 11.2 Å². The maximum absolute atomic E-state index is 12.6. The van der Waals surface area contributed by atoms with Gasteiger partial charge < -0.3 is 4.74 Å². The average molecular weight is 407 g/mol. The van der Waals surface area contributed by atoms with E-state index in [9.17, 15) is 4.79 Å². The number of nitrogens with one attached hydrogen (secondary N) is 1. The molecule has 1 aromatic heterocycles. The second-order valence-corrected chi connectivity index (χ2v) is 8.37. The van der Waals surface area contributed by atoms with Gasteiger partial charge in [0.1, 0.15) is 0 Å². The van der Waals surface area contributed by atoms with Crippen LogP contribution < -0.4 is 10.6 Å². The summed E-state index contributed by atoms with van der Waals surface area (Å²) >= 11 is 0. The summed E-state index contributed by atoms with van der Waals surface area (Å²) < 4.78 is 5.51. The van der Waals surface area contributed by atoms with Crippen molar-refractivity contribution in [1.29, 1.82) is 0 Å². The predicted octanol–water partition coefficient (Wildman–Crippen LogP) is 4.27. The van der Waals surface area contributed by atoms with Crippen molar-refractivity contribution in [3.63, 3.8) is 0 Å². The van der Waals surface area contributed by atoms with Gasteiger partial charge in [-0.05, 0) is 69.9 Å². The number of benzene rings is 1. The van der Waals surface area contributed by atoms with Crippen LogP contribution in [0, 0.1) is 12.8 Å². The van der Waals surface area contributed by atoms with E-state index in [0.717, 1.165) is 68.3 Å². The monoisotopic (exact) mass is 406 g/mol. The van der Waals surface area contributed by atoms with E-state index in [1.807, 2.05) is 25.1 Å². The lowest BCUT2D eigenvalue weighted by Gasteiger charge is -2.12. The number of ether oxygens (including phenoxy) is 1. The second-order valence-electron chi connectivity index (χ2n) is 8.37. The van der Waals surface area contributed by atoms with Crippen LogP contribution >= 0.6 is 0 Å². The van der Waals surface area contributed by atoms with Crippen LogP contribution in [0.2, 0.25) is 0 Å². The quantitative estimate of drug-likeness (QED) is 0.666. The van der Waals surface area contributed by atoms with E-state index in [4.69, 9.17) is 4.74 Å². The molecule has 2 heterocycles. The number of carbonyl (C=O) groups excluding carboxylic acids is 1. The first-order valence-corrected chi connectivity index (χ1v) is 11.1. The molecule has 160 valence electrons. The highest BCUT2D eigenvalue weighted by atomic mass is 16.5. The third kappa shape index (κ3) is 6.02. The van der Waals surface area contributed by atoms with Crippen LogP contribution in [0.25, 0.3) is 11.6 Å². The van der Waals surface area contributed by atoms with Gasteiger partial charge in [0.25, 0.3) is 0 Å². The topological polar surface area (TPSA) is 55.0 Å². The summed E-state index contributed by atoms with van der Waals surface area (Å²) in [6.45, 7) is 9.62. The summed E-state index contributed by atoms with van der Waals surface area (Å²) in [4.78, 5) is 12.6. The number of aromatic amines is 1. The maximum Gasteiger partial charge on any atom is 0.163 e. The SMILES string of the molecule is C=CC=c1[nH]nc(C)c1=C(C)CCCc1ccc(C(=O)CC2CCCOCC2)cc1. The number of aryl methyl sites for hydroxylation is 2. The fraction of sp³-hybridized carbons (Fsp3) is 0.462. The van der Waals surface area contributed by atoms with E-state index in [1.54, 1.807) is 6.08 Å². The lowest BCUT2D eigenvalue weighted by atomic mass is 9.92. The van der Waals surface area contributed by atoms with Crippen LogP contribution in [0.3, 0.4) is 0 Å². The molecule has 0 amide bonds. The van der Waals surface area contributed by atoms with E-state index in [1.165, 1.54) is 16.4 Å². The first-order chi connectivity index (χ1) is 14.6. The number of hydrogen-bond acceptors (Lipinski definition) is 3. The minimum atomic E-state index is 0.263. The molecular weight excluding hydrogens is 372 g/mol. The Balaban J connectivity index is 1.55. The van der Waals surface area contributed by atoms with Gasteiger partial charge >= 0.3 is 0 Å². The molecule has 1 saturated heterocycles. The Hall–Kier alpha value is -2.46. The number of ketones is 1. The minimum Gasteiger partial charge on any atom is -0.381 e. The fourth-order valence-electron chi connectivity index (χ4n) is 4.32. The Labute approximate surface area is 179 Å². The van der Waals surface area contributed by atoms with Crippen molar-refractivity contribution in [2.45, 2.75) is 58.8 Å². The van der Waals surface area contributed by atoms with E-state index in [2.05, 4.69) is 35.8 Å².